The van der Waals surface area contributed by atoms with Gasteiger partial charge in [0.05, 0.1) is 0 Å². The molecule has 28 heavy (non-hydrogen) atoms. The summed E-state index contributed by atoms with van der Waals surface area (Å²) in [4.78, 5) is 23.6. The van der Waals surface area contributed by atoms with Crippen LogP contribution in [0, 0.1) is 0 Å². The summed E-state index contributed by atoms with van der Waals surface area (Å²) in [6.07, 6.45) is 0. The third kappa shape index (κ3) is 5.22. The van der Waals surface area contributed by atoms with E-state index in [1.165, 1.54) is 13.8 Å². The summed E-state index contributed by atoms with van der Waals surface area (Å²) in [6, 6.07) is 12.2. The summed E-state index contributed by atoms with van der Waals surface area (Å²) < 4.78 is 0. The molecule has 150 valence electrons. The third-order valence-corrected chi connectivity index (χ3v) is 4.68. The number of carbonyl (C=O) groups excluding carboxylic acids is 2. The minimum atomic E-state index is -0.127. The first kappa shape index (κ1) is 21.7. The third-order valence-electron chi connectivity index (χ3n) is 4.68. The van der Waals surface area contributed by atoms with Crippen molar-refractivity contribution in [3.05, 3.63) is 47.5 Å². The number of anilines is 2. The van der Waals surface area contributed by atoms with Gasteiger partial charge in [-0.15, -0.1) is 0 Å². The van der Waals surface area contributed by atoms with Crippen molar-refractivity contribution in [2.45, 2.75) is 66.2 Å². The Morgan fingerprint density at radius 2 is 0.964 bits per heavy atom. The lowest BCUT2D eigenvalue weighted by molar-refractivity contribution is -0.115. The van der Waals surface area contributed by atoms with Crippen molar-refractivity contribution in [2.24, 2.45) is 0 Å². The molecule has 0 radical (unpaired) electrons. The van der Waals surface area contributed by atoms with Crippen molar-refractivity contribution in [1.29, 1.82) is 0 Å². The fourth-order valence-electron chi connectivity index (χ4n) is 3.06. The monoisotopic (exact) mass is 380 g/mol. The Morgan fingerprint density at radius 1 is 0.643 bits per heavy atom. The normalized spacial score (nSPS) is 11.9. The zero-order valence-corrected chi connectivity index (χ0v) is 18.3. The van der Waals surface area contributed by atoms with Gasteiger partial charge in [-0.1, -0.05) is 53.7 Å². The lowest BCUT2D eigenvalue weighted by atomic mass is 9.82. The molecule has 0 heterocycles. The molecule has 0 fully saturated rings. The number of rotatable bonds is 3. The van der Waals surface area contributed by atoms with Crippen molar-refractivity contribution in [1.82, 2.24) is 0 Å². The standard InChI is InChI=1S/C24H32N2O2/c1-15(27)25-21-11-9-17(23(3,4)5)13-19(21)20-14-18(24(6,7)8)10-12-22(20)26-16(2)28/h9-14H,1-8H3,(H,25,27)(H,26,28). The van der Waals surface area contributed by atoms with Crippen molar-refractivity contribution < 1.29 is 9.59 Å². The van der Waals surface area contributed by atoms with Crippen LogP contribution < -0.4 is 10.6 Å². The zero-order chi connectivity index (χ0) is 21.3. The first-order valence-electron chi connectivity index (χ1n) is 9.63. The highest BCUT2D eigenvalue weighted by molar-refractivity contribution is 5.99. The quantitative estimate of drug-likeness (QED) is 0.700. The smallest absolute Gasteiger partial charge is 0.221 e. The van der Waals surface area contributed by atoms with Gasteiger partial charge in [-0.05, 0) is 46.2 Å². The molecule has 0 atom stereocenters. The van der Waals surface area contributed by atoms with Gasteiger partial charge in [-0.3, -0.25) is 9.59 Å². The zero-order valence-electron chi connectivity index (χ0n) is 18.3. The van der Waals surface area contributed by atoms with Gasteiger partial charge in [-0.25, -0.2) is 0 Å². The maximum Gasteiger partial charge on any atom is 0.221 e. The number of amides is 2. The van der Waals surface area contributed by atoms with E-state index in [-0.39, 0.29) is 22.6 Å². The average Bonchev–Trinajstić information content (AvgIpc) is 2.52. The predicted molar refractivity (Wildman–Crippen MR) is 118 cm³/mol. The minimum Gasteiger partial charge on any atom is -0.326 e. The van der Waals surface area contributed by atoms with Crippen LogP contribution in [0.1, 0.15) is 66.5 Å². The van der Waals surface area contributed by atoms with Crippen molar-refractivity contribution >= 4 is 23.2 Å². The fraction of sp³-hybridized carbons (Fsp3) is 0.417. The molecule has 2 amide bonds. The SMILES string of the molecule is CC(=O)Nc1ccc(C(C)(C)C)cc1-c1cc(C(C)(C)C)ccc1NC(C)=O. The maximum atomic E-state index is 11.8. The Morgan fingerprint density at radius 3 is 1.21 bits per heavy atom. The van der Waals surface area contributed by atoms with E-state index in [1.54, 1.807) is 0 Å². The molecule has 0 unspecified atom stereocenters. The molecule has 0 aliphatic heterocycles. The van der Waals surface area contributed by atoms with Gasteiger partial charge < -0.3 is 10.6 Å². The number of nitrogens with one attached hydrogen (secondary N) is 2. The molecule has 0 saturated heterocycles. The molecule has 0 aliphatic carbocycles. The summed E-state index contributed by atoms with van der Waals surface area (Å²) in [5.74, 6) is -0.254. The Balaban J connectivity index is 2.81. The topological polar surface area (TPSA) is 58.2 Å². The van der Waals surface area contributed by atoms with E-state index >= 15 is 0 Å². The van der Waals surface area contributed by atoms with Gasteiger partial charge in [-0.2, -0.15) is 0 Å². The molecule has 2 N–H and O–H groups in total. The van der Waals surface area contributed by atoms with Gasteiger partial charge in [0.25, 0.3) is 0 Å². The van der Waals surface area contributed by atoms with Crippen molar-refractivity contribution in [3.63, 3.8) is 0 Å². The summed E-state index contributed by atoms with van der Waals surface area (Å²) in [5.41, 5.74) is 5.50. The van der Waals surface area contributed by atoms with E-state index in [1.807, 2.05) is 24.3 Å². The van der Waals surface area contributed by atoms with Gasteiger partial charge >= 0.3 is 0 Å². The molecule has 2 aromatic carbocycles. The largest absolute Gasteiger partial charge is 0.326 e. The van der Waals surface area contributed by atoms with Crippen molar-refractivity contribution in [2.75, 3.05) is 10.6 Å². The van der Waals surface area contributed by atoms with Crippen LogP contribution >= 0.6 is 0 Å². The van der Waals surface area contributed by atoms with E-state index in [0.29, 0.717) is 0 Å². The second-order valence-electron chi connectivity index (χ2n) is 9.38. The van der Waals surface area contributed by atoms with E-state index in [4.69, 9.17) is 0 Å². The Kier molecular flexibility index (Phi) is 6.03. The molecule has 0 bridgehead atoms. The molecule has 0 aromatic heterocycles. The molecule has 4 nitrogen and oxygen atoms in total. The Hall–Kier alpha value is -2.62. The van der Waals surface area contributed by atoms with Crippen LogP contribution in [0.15, 0.2) is 36.4 Å². The highest BCUT2D eigenvalue weighted by Gasteiger charge is 2.21. The van der Waals surface area contributed by atoms with Crippen LogP contribution in [0.2, 0.25) is 0 Å². The minimum absolute atomic E-state index is 0.0424. The van der Waals surface area contributed by atoms with Gasteiger partial charge in [0, 0.05) is 36.3 Å². The van der Waals surface area contributed by atoms with Crippen LogP contribution in [0.5, 0.6) is 0 Å². The number of carbonyl (C=O) groups is 2. The van der Waals surface area contributed by atoms with E-state index in [0.717, 1.165) is 33.6 Å². The number of benzene rings is 2. The van der Waals surface area contributed by atoms with Crippen LogP contribution in [0.25, 0.3) is 11.1 Å². The molecule has 2 aromatic rings. The maximum absolute atomic E-state index is 11.8. The van der Waals surface area contributed by atoms with Gasteiger partial charge in [0.15, 0.2) is 0 Å². The summed E-state index contributed by atoms with van der Waals surface area (Å²) >= 11 is 0. The summed E-state index contributed by atoms with van der Waals surface area (Å²) in [7, 11) is 0. The second-order valence-corrected chi connectivity index (χ2v) is 9.38. The molecular formula is C24H32N2O2. The highest BCUT2D eigenvalue weighted by atomic mass is 16.2. The number of hydrogen-bond donors (Lipinski definition) is 2. The fourth-order valence-corrected chi connectivity index (χ4v) is 3.06. The average molecular weight is 381 g/mol. The molecule has 0 aliphatic rings. The van der Waals surface area contributed by atoms with Crippen LogP contribution in [0.3, 0.4) is 0 Å². The van der Waals surface area contributed by atoms with Crippen LogP contribution in [-0.2, 0) is 20.4 Å². The first-order valence-corrected chi connectivity index (χ1v) is 9.63. The van der Waals surface area contributed by atoms with Gasteiger partial charge in [0.2, 0.25) is 11.8 Å². The van der Waals surface area contributed by atoms with E-state index in [9.17, 15) is 9.59 Å². The molecular weight excluding hydrogens is 348 g/mol. The summed E-state index contributed by atoms with van der Waals surface area (Å²) in [6.45, 7) is 15.9. The molecule has 4 heteroatoms. The van der Waals surface area contributed by atoms with Crippen molar-refractivity contribution in [3.8, 4) is 11.1 Å². The first-order chi connectivity index (χ1) is 12.8. The highest BCUT2D eigenvalue weighted by Crippen LogP contribution is 2.39. The number of hydrogen-bond acceptors (Lipinski definition) is 2. The predicted octanol–water partition coefficient (Wildman–Crippen LogP) is 5.87. The van der Waals surface area contributed by atoms with E-state index in [2.05, 4.69) is 64.3 Å². The Labute approximate surface area is 168 Å². The molecule has 0 spiro atoms. The lowest BCUT2D eigenvalue weighted by Crippen LogP contribution is -2.15. The lowest BCUT2D eigenvalue weighted by Gasteiger charge is -2.25. The van der Waals surface area contributed by atoms with Crippen LogP contribution in [0.4, 0.5) is 11.4 Å². The molecule has 2 rings (SSSR count). The molecule has 0 saturated carbocycles. The van der Waals surface area contributed by atoms with Gasteiger partial charge in [0.1, 0.15) is 0 Å². The van der Waals surface area contributed by atoms with E-state index < -0.39 is 0 Å². The Bertz CT molecular complexity index is 824. The summed E-state index contributed by atoms with van der Waals surface area (Å²) in [5, 5.41) is 5.88. The van der Waals surface area contributed by atoms with Crippen LogP contribution in [-0.4, -0.2) is 11.8 Å². The second kappa shape index (κ2) is 7.78.